The van der Waals surface area contributed by atoms with E-state index in [1.807, 2.05) is 0 Å². The fourth-order valence-electron chi connectivity index (χ4n) is 2.83. The summed E-state index contributed by atoms with van der Waals surface area (Å²) in [6.07, 6.45) is 1.95. The van der Waals surface area contributed by atoms with Crippen molar-refractivity contribution in [2.75, 3.05) is 0 Å². The molecule has 1 fully saturated rings. The Balaban J connectivity index is 2.18. The average Bonchev–Trinajstić information content (AvgIpc) is 2.65. The van der Waals surface area contributed by atoms with Crippen LogP contribution in [0.4, 0.5) is 10.5 Å². The minimum Gasteiger partial charge on any atom is -0.319 e. The van der Waals surface area contributed by atoms with Gasteiger partial charge in [0.1, 0.15) is 5.54 Å². The van der Waals surface area contributed by atoms with Crippen LogP contribution in [-0.4, -0.2) is 16.9 Å². The molecule has 1 atom stereocenters. The van der Waals surface area contributed by atoms with E-state index in [1.54, 1.807) is 6.07 Å². The predicted octanol–water partition coefficient (Wildman–Crippen LogP) is 0.966. The first kappa shape index (κ1) is 11.6. The number of urea groups is 1. The Morgan fingerprint density at radius 2 is 2.11 bits per heavy atom. The number of aryl methyl sites for hydroxylation is 1. The molecule has 0 aromatic heterocycles. The van der Waals surface area contributed by atoms with E-state index in [0.29, 0.717) is 12.0 Å². The summed E-state index contributed by atoms with van der Waals surface area (Å²) in [5, 5.41) is 15.7. The summed E-state index contributed by atoms with van der Waals surface area (Å²) in [5.41, 5.74) is 0.191. The first-order chi connectivity index (χ1) is 9.03. The van der Waals surface area contributed by atoms with E-state index in [4.69, 9.17) is 0 Å². The Morgan fingerprint density at radius 3 is 2.74 bits per heavy atom. The molecule has 7 heteroatoms. The molecular formula is C12H11N3O4. The third-order valence-electron chi connectivity index (χ3n) is 3.70. The number of fused-ring (bicyclic) bond motifs is 2. The zero-order valence-corrected chi connectivity index (χ0v) is 9.93. The first-order valence-corrected chi connectivity index (χ1v) is 5.94. The second-order valence-corrected chi connectivity index (χ2v) is 4.77. The van der Waals surface area contributed by atoms with Gasteiger partial charge in [0.2, 0.25) is 0 Å². The fraction of sp³-hybridized carbons (Fsp3) is 0.333. The third kappa shape index (κ3) is 1.58. The highest BCUT2D eigenvalue weighted by Gasteiger charge is 2.50. The van der Waals surface area contributed by atoms with Crippen molar-refractivity contribution < 1.29 is 14.5 Å². The normalized spacial score (nSPS) is 24.8. The third-order valence-corrected chi connectivity index (χ3v) is 3.70. The highest BCUT2D eigenvalue weighted by atomic mass is 16.6. The van der Waals surface area contributed by atoms with Crippen LogP contribution < -0.4 is 10.6 Å². The van der Waals surface area contributed by atoms with Gasteiger partial charge >= 0.3 is 6.03 Å². The van der Waals surface area contributed by atoms with E-state index in [9.17, 15) is 19.7 Å². The number of hydrogen-bond donors (Lipinski definition) is 2. The highest BCUT2D eigenvalue weighted by Crippen LogP contribution is 2.39. The van der Waals surface area contributed by atoms with E-state index in [1.165, 1.54) is 12.1 Å². The molecule has 1 aliphatic carbocycles. The molecule has 1 saturated heterocycles. The second kappa shape index (κ2) is 3.78. The minimum atomic E-state index is -1.14. The van der Waals surface area contributed by atoms with Crippen LogP contribution in [0.25, 0.3) is 0 Å². The van der Waals surface area contributed by atoms with Crippen LogP contribution >= 0.6 is 0 Å². The molecule has 19 heavy (non-hydrogen) atoms. The van der Waals surface area contributed by atoms with Crippen molar-refractivity contribution in [2.45, 2.75) is 24.8 Å². The molecule has 0 bridgehead atoms. The molecule has 0 radical (unpaired) electrons. The lowest BCUT2D eigenvalue weighted by Gasteiger charge is -2.32. The van der Waals surface area contributed by atoms with E-state index in [-0.39, 0.29) is 5.69 Å². The van der Waals surface area contributed by atoms with E-state index < -0.39 is 22.4 Å². The maximum Gasteiger partial charge on any atom is 0.322 e. The van der Waals surface area contributed by atoms with Crippen LogP contribution in [0.3, 0.4) is 0 Å². The highest BCUT2D eigenvalue weighted by molar-refractivity contribution is 6.07. The number of amides is 3. The van der Waals surface area contributed by atoms with Crippen LogP contribution in [0.5, 0.6) is 0 Å². The molecule has 98 valence electrons. The Labute approximate surface area is 108 Å². The Morgan fingerprint density at radius 1 is 1.32 bits per heavy atom. The Kier molecular flexibility index (Phi) is 2.31. The molecular weight excluding hydrogens is 250 g/mol. The predicted molar refractivity (Wildman–Crippen MR) is 64.4 cm³/mol. The van der Waals surface area contributed by atoms with Crippen molar-refractivity contribution in [1.29, 1.82) is 0 Å². The molecule has 1 unspecified atom stereocenters. The maximum atomic E-state index is 12.0. The molecule has 2 aliphatic rings. The number of non-ortho nitro benzene ring substituents is 1. The number of rotatable bonds is 1. The molecule has 1 spiro atoms. The van der Waals surface area contributed by atoms with Gasteiger partial charge in [-0.3, -0.25) is 20.2 Å². The van der Waals surface area contributed by atoms with Crippen molar-refractivity contribution in [3.8, 4) is 0 Å². The van der Waals surface area contributed by atoms with Gasteiger partial charge in [0, 0.05) is 12.1 Å². The lowest BCUT2D eigenvalue weighted by Crippen LogP contribution is -2.46. The van der Waals surface area contributed by atoms with Gasteiger partial charge in [0.15, 0.2) is 0 Å². The SMILES string of the molecule is O=C1NC(=O)C2(CCCc3ccc([N+](=O)[O-])cc32)N1. The zero-order chi connectivity index (χ0) is 13.6. The van der Waals surface area contributed by atoms with Gasteiger partial charge in [-0.05, 0) is 30.4 Å². The van der Waals surface area contributed by atoms with Crippen molar-refractivity contribution >= 4 is 17.6 Å². The van der Waals surface area contributed by atoms with Gasteiger partial charge in [0.05, 0.1) is 4.92 Å². The van der Waals surface area contributed by atoms with Crippen LogP contribution in [0.1, 0.15) is 24.0 Å². The first-order valence-electron chi connectivity index (χ1n) is 5.94. The number of nitro benzene ring substituents is 1. The van der Waals surface area contributed by atoms with Gasteiger partial charge in [-0.15, -0.1) is 0 Å². The molecule has 1 aromatic rings. The largest absolute Gasteiger partial charge is 0.322 e. The van der Waals surface area contributed by atoms with Crippen LogP contribution in [-0.2, 0) is 16.8 Å². The average molecular weight is 261 g/mol. The molecule has 1 aliphatic heterocycles. The van der Waals surface area contributed by atoms with Crippen molar-refractivity contribution in [2.24, 2.45) is 0 Å². The lowest BCUT2D eigenvalue weighted by molar-refractivity contribution is -0.385. The van der Waals surface area contributed by atoms with E-state index in [0.717, 1.165) is 18.4 Å². The van der Waals surface area contributed by atoms with Gasteiger partial charge in [-0.2, -0.15) is 0 Å². The monoisotopic (exact) mass is 261 g/mol. The van der Waals surface area contributed by atoms with E-state index in [2.05, 4.69) is 10.6 Å². The molecule has 0 saturated carbocycles. The fourth-order valence-corrected chi connectivity index (χ4v) is 2.83. The molecule has 3 rings (SSSR count). The van der Waals surface area contributed by atoms with Crippen molar-refractivity contribution in [1.82, 2.24) is 10.6 Å². The zero-order valence-electron chi connectivity index (χ0n) is 9.93. The van der Waals surface area contributed by atoms with Gasteiger partial charge in [-0.1, -0.05) is 6.07 Å². The lowest BCUT2D eigenvalue weighted by atomic mass is 9.76. The number of nitro groups is 1. The summed E-state index contributed by atoms with van der Waals surface area (Å²) in [6, 6.07) is 3.92. The summed E-state index contributed by atoms with van der Waals surface area (Å²) < 4.78 is 0. The quantitative estimate of drug-likeness (QED) is 0.446. The number of nitrogens with zero attached hydrogens (tertiary/aromatic N) is 1. The van der Waals surface area contributed by atoms with Gasteiger partial charge < -0.3 is 5.32 Å². The summed E-state index contributed by atoms with van der Waals surface area (Å²) in [4.78, 5) is 33.8. The van der Waals surface area contributed by atoms with Gasteiger partial charge in [-0.25, -0.2) is 4.79 Å². The molecule has 7 nitrogen and oxygen atoms in total. The summed E-state index contributed by atoms with van der Waals surface area (Å²) in [5.74, 6) is -0.432. The summed E-state index contributed by atoms with van der Waals surface area (Å²) in [7, 11) is 0. The number of benzene rings is 1. The molecule has 1 aromatic carbocycles. The van der Waals surface area contributed by atoms with Crippen LogP contribution in [0.15, 0.2) is 18.2 Å². The maximum absolute atomic E-state index is 12.0. The molecule has 1 heterocycles. The van der Waals surface area contributed by atoms with Gasteiger partial charge in [0.25, 0.3) is 11.6 Å². The molecule has 2 N–H and O–H groups in total. The Bertz CT molecular complexity index is 613. The number of carbonyl (C=O) groups excluding carboxylic acids is 2. The number of carbonyl (C=O) groups is 2. The smallest absolute Gasteiger partial charge is 0.319 e. The minimum absolute atomic E-state index is 0.0750. The van der Waals surface area contributed by atoms with Crippen LogP contribution in [0.2, 0.25) is 0 Å². The summed E-state index contributed by atoms with van der Waals surface area (Å²) in [6.45, 7) is 0. The standard InChI is InChI=1S/C12H11N3O4/c16-10-12(14-11(17)13-10)5-1-2-7-3-4-8(15(18)19)6-9(7)12/h3-4,6H,1-2,5H2,(H2,13,14,16,17). The topological polar surface area (TPSA) is 101 Å². The summed E-state index contributed by atoms with van der Waals surface area (Å²) >= 11 is 0. The van der Waals surface area contributed by atoms with E-state index >= 15 is 0 Å². The number of nitrogens with one attached hydrogen (secondary N) is 2. The van der Waals surface area contributed by atoms with Crippen molar-refractivity contribution in [3.05, 3.63) is 39.4 Å². The second-order valence-electron chi connectivity index (χ2n) is 4.77. The number of imide groups is 1. The Hall–Kier alpha value is -2.44. The number of hydrogen-bond acceptors (Lipinski definition) is 4. The van der Waals surface area contributed by atoms with Crippen LogP contribution in [0, 0.1) is 10.1 Å². The van der Waals surface area contributed by atoms with Crippen molar-refractivity contribution in [3.63, 3.8) is 0 Å². The molecule has 3 amide bonds.